The highest BCUT2D eigenvalue weighted by atomic mass is 32.1. The van der Waals surface area contributed by atoms with Crippen molar-refractivity contribution in [1.29, 1.82) is 0 Å². The van der Waals surface area contributed by atoms with Crippen LogP contribution < -0.4 is 10.2 Å². The number of anilines is 3. The monoisotopic (exact) mass is 477 g/mol. The van der Waals surface area contributed by atoms with E-state index in [1.165, 1.54) is 30.7 Å². The van der Waals surface area contributed by atoms with Gasteiger partial charge in [-0.05, 0) is 37.9 Å². The van der Waals surface area contributed by atoms with E-state index in [2.05, 4.69) is 38.2 Å². The van der Waals surface area contributed by atoms with E-state index in [1.807, 2.05) is 32.6 Å². The summed E-state index contributed by atoms with van der Waals surface area (Å²) in [4.78, 5) is 34.3. The van der Waals surface area contributed by atoms with Gasteiger partial charge in [-0.25, -0.2) is 15.0 Å². The third-order valence-corrected chi connectivity index (χ3v) is 8.80. The predicted molar refractivity (Wildman–Crippen MR) is 136 cm³/mol. The normalized spacial score (nSPS) is 22.7. The standard InChI is InChI=1S/C25H31N7OS/c1-30(2)24(33)23-21(15-6-4-5-7-15)22-19(34-23)11-27-25(29-22)28-20-9-8-17(10-26-20)32-13-16-12-31(3)18(16)14-32/h8-11,15-16,18H,4-7,12-14H2,1-3H3,(H,26,27,28,29). The summed E-state index contributed by atoms with van der Waals surface area (Å²) in [7, 11) is 5.83. The number of aromatic nitrogens is 3. The van der Waals surface area contributed by atoms with Crippen LogP contribution >= 0.6 is 11.3 Å². The number of pyridine rings is 1. The van der Waals surface area contributed by atoms with Crippen molar-refractivity contribution in [2.45, 2.75) is 37.6 Å². The topological polar surface area (TPSA) is 77.5 Å². The Labute approximate surface area is 204 Å². The van der Waals surface area contributed by atoms with Gasteiger partial charge in [-0.15, -0.1) is 11.3 Å². The molecule has 178 valence electrons. The van der Waals surface area contributed by atoms with Crippen LogP contribution in [0.25, 0.3) is 10.2 Å². The number of amides is 1. The summed E-state index contributed by atoms with van der Waals surface area (Å²) >= 11 is 1.52. The van der Waals surface area contributed by atoms with Gasteiger partial charge in [-0.1, -0.05) is 12.8 Å². The van der Waals surface area contributed by atoms with Crippen LogP contribution in [0.1, 0.15) is 46.8 Å². The smallest absolute Gasteiger partial charge is 0.263 e. The Kier molecular flexibility index (Phi) is 5.41. The number of thiophene rings is 1. The van der Waals surface area contributed by atoms with E-state index in [0.29, 0.717) is 17.9 Å². The van der Waals surface area contributed by atoms with Crippen LogP contribution in [-0.4, -0.2) is 77.5 Å². The van der Waals surface area contributed by atoms with Gasteiger partial charge < -0.3 is 20.0 Å². The lowest BCUT2D eigenvalue weighted by atomic mass is 9.93. The molecule has 6 rings (SSSR count). The molecule has 2 aliphatic heterocycles. The quantitative estimate of drug-likeness (QED) is 0.596. The van der Waals surface area contributed by atoms with Crippen molar-refractivity contribution in [3.63, 3.8) is 0 Å². The number of fused-ring (bicyclic) bond motifs is 2. The van der Waals surface area contributed by atoms with Crippen LogP contribution in [0.5, 0.6) is 0 Å². The summed E-state index contributed by atoms with van der Waals surface area (Å²) in [5.41, 5.74) is 3.18. The minimum Gasteiger partial charge on any atom is -0.368 e. The number of carbonyl (C=O) groups is 1. The van der Waals surface area contributed by atoms with Crippen molar-refractivity contribution in [3.8, 4) is 0 Å². The molecule has 2 unspecified atom stereocenters. The van der Waals surface area contributed by atoms with E-state index in [1.54, 1.807) is 4.90 Å². The molecule has 8 nitrogen and oxygen atoms in total. The number of nitrogens with one attached hydrogen (secondary N) is 1. The Morgan fingerprint density at radius 1 is 1.12 bits per heavy atom. The maximum atomic E-state index is 12.9. The van der Waals surface area contributed by atoms with Crippen molar-refractivity contribution < 1.29 is 4.79 Å². The highest BCUT2D eigenvalue weighted by Crippen LogP contribution is 2.43. The predicted octanol–water partition coefficient (Wildman–Crippen LogP) is 3.94. The van der Waals surface area contributed by atoms with Gasteiger partial charge in [0, 0.05) is 51.3 Å². The minimum absolute atomic E-state index is 0.0539. The number of hydrogen-bond donors (Lipinski definition) is 1. The molecule has 3 aromatic rings. The molecule has 0 bridgehead atoms. The summed E-state index contributed by atoms with van der Waals surface area (Å²) in [6.07, 6.45) is 8.42. The van der Waals surface area contributed by atoms with E-state index in [9.17, 15) is 4.79 Å². The van der Waals surface area contributed by atoms with Gasteiger partial charge in [0.2, 0.25) is 5.95 Å². The van der Waals surface area contributed by atoms with Gasteiger partial charge in [0.05, 0.1) is 33.2 Å². The van der Waals surface area contributed by atoms with Crippen molar-refractivity contribution >= 4 is 44.9 Å². The van der Waals surface area contributed by atoms with Gasteiger partial charge in [0.15, 0.2) is 0 Å². The minimum atomic E-state index is 0.0539. The van der Waals surface area contributed by atoms with Crippen LogP contribution in [0.15, 0.2) is 24.5 Å². The first kappa shape index (κ1) is 21.7. The summed E-state index contributed by atoms with van der Waals surface area (Å²) in [6.45, 7) is 3.38. The number of carbonyl (C=O) groups excluding carboxylic acids is 1. The average Bonchev–Trinajstić information content (AvgIpc) is 3.55. The van der Waals surface area contributed by atoms with Crippen molar-refractivity contribution in [2.75, 3.05) is 51.0 Å². The zero-order chi connectivity index (χ0) is 23.4. The van der Waals surface area contributed by atoms with E-state index in [-0.39, 0.29) is 5.91 Å². The molecular weight excluding hydrogens is 446 g/mol. The largest absolute Gasteiger partial charge is 0.368 e. The molecule has 2 saturated heterocycles. The van der Waals surface area contributed by atoms with E-state index < -0.39 is 0 Å². The first-order chi connectivity index (χ1) is 16.5. The Balaban J connectivity index is 1.25. The SMILES string of the molecule is CN(C)C(=O)c1sc2cnc(Nc3ccc(N4CC5CN(C)C5C4)cn3)nc2c1C1CCCC1. The van der Waals surface area contributed by atoms with Crippen LogP contribution in [-0.2, 0) is 0 Å². The molecule has 1 aliphatic carbocycles. The molecule has 34 heavy (non-hydrogen) atoms. The van der Waals surface area contributed by atoms with Crippen molar-refractivity contribution in [2.24, 2.45) is 5.92 Å². The molecule has 5 heterocycles. The fraction of sp³-hybridized carbons (Fsp3) is 0.520. The zero-order valence-electron chi connectivity index (χ0n) is 20.0. The zero-order valence-corrected chi connectivity index (χ0v) is 20.8. The fourth-order valence-corrected chi connectivity index (χ4v) is 7.02. The van der Waals surface area contributed by atoms with Crippen LogP contribution in [0.4, 0.5) is 17.5 Å². The second kappa shape index (κ2) is 8.46. The lowest BCUT2D eigenvalue weighted by Crippen LogP contribution is -2.52. The number of nitrogens with zero attached hydrogens (tertiary/aromatic N) is 6. The molecule has 2 atom stereocenters. The third kappa shape index (κ3) is 3.71. The number of likely N-dealkylation sites (N-methyl/N-ethyl adjacent to an activating group) is 1. The Morgan fingerprint density at radius 3 is 2.62 bits per heavy atom. The maximum Gasteiger partial charge on any atom is 0.263 e. The van der Waals surface area contributed by atoms with Crippen molar-refractivity contribution in [3.05, 3.63) is 35.0 Å². The first-order valence-corrected chi connectivity index (χ1v) is 13.0. The summed E-state index contributed by atoms with van der Waals surface area (Å²) < 4.78 is 0.967. The average molecular weight is 478 g/mol. The number of likely N-dealkylation sites (tertiary alicyclic amines) is 1. The lowest BCUT2D eigenvalue weighted by molar-refractivity contribution is 0.0827. The molecule has 0 aromatic carbocycles. The molecule has 1 amide bonds. The van der Waals surface area contributed by atoms with Crippen molar-refractivity contribution in [1.82, 2.24) is 24.8 Å². The first-order valence-electron chi connectivity index (χ1n) is 12.2. The second-order valence-corrected chi connectivity index (χ2v) is 11.2. The molecule has 0 radical (unpaired) electrons. The van der Waals surface area contributed by atoms with E-state index in [0.717, 1.165) is 64.0 Å². The molecule has 1 saturated carbocycles. The van der Waals surface area contributed by atoms with Crippen LogP contribution in [0.2, 0.25) is 0 Å². The van der Waals surface area contributed by atoms with E-state index in [4.69, 9.17) is 4.98 Å². The molecular formula is C25H31N7OS. The maximum absolute atomic E-state index is 12.9. The molecule has 0 spiro atoms. The Hall–Kier alpha value is -2.78. The molecule has 3 fully saturated rings. The van der Waals surface area contributed by atoms with Gasteiger partial charge in [0.1, 0.15) is 5.82 Å². The lowest BCUT2D eigenvalue weighted by Gasteiger charge is -2.40. The van der Waals surface area contributed by atoms with Gasteiger partial charge in [-0.2, -0.15) is 0 Å². The third-order valence-electron chi connectivity index (χ3n) is 7.68. The summed E-state index contributed by atoms with van der Waals surface area (Å²) in [5, 5.41) is 3.28. The highest BCUT2D eigenvalue weighted by molar-refractivity contribution is 7.21. The van der Waals surface area contributed by atoms with E-state index >= 15 is 0 Å². The Morgan fingerprint density at radius 2 is 1.94 bits per heavy atom. The molecule has 1 N–H and O–H groups in total. The number of rotatable bonds is 5. The Bertz CT molecular complexity index is 1220. The molecule has 9 heteroatoms. The second-order valence-electron chi connectivity index (χ2n) is 10.1. The van der Waals surface area contributed by atoms with Crippen LogP contribution in [0, 0.1) is 5.92 Å². The molecule has 3 aliphatic rings. The molecule has 3 aromatic heterocycles. The summed E-state index contributed by atoms with van der Waals surface area (Å²) in [6, 6.07) is 4.81. The van der Waals surface area contributed by atoms with Crippen LogP contribution in [0.3, 0.4) is 0 Å². The van der Waals surface area contributed by atoms with Gasteiger partial charge in [-0.3, -0.25) is 4.79 Å². The van der Waals surface area contributed by atoms with Gasteiger partial charge in [0.25, 0.3) is 5.91 Å². The highest BCUT2D eigenvalue weighted by Gasteiger charge is 2.43. The summed E-state index contributed by atoms with van der Waals surface area (Å²) in [5.74, 6) is 2.48. The number of hydrogen-bond acceptors (Lipinski definition) is 8. The fourth-order valence-electron chi connectivity index (χ4n) is 5.80. The van der Waals surface area contributed by atoms with Gasteiger partial charge >= 0.3 is 0 Å².